The molecule has 0 atom stereocenters. The fourth-order valence-electron chi connectivity index (χ4n) is 2.42. The molecule has 0 fully saturated rings. The van der Waals surface area contributed by atoms with Gasteiger partial charge in [0.2, 0.25) is 0 Å². The zero-order chi connectivity index (χ0) is 18.5. The summed E-state index contributed by atoms with van der Waals surface area (Å²) in [5.41, 5.74) is 2.77. The maximum atomic E-state index is 12.4. The number of pyridine rings is 1. The number of aryl methyl sites for hydroxylation is 1. The predicted octanol–water partition coefficient (Wildman–Crippen LogP) is 2.41. The minimum Gasteiger partial charge on any atom is -0.484 e. The Morgan fingerprint density at radius 1 is 1.19 bits per heavy atom. The third kappa shape index (κ3) is 4.18. The first kappa shape index (κ1) is 17.5. The maximum absolute atomic E-state index is 12.4. The first-order valence-corrected chi connectivity index (χ1v) is 8.31. The van der Waals surface area contributed by atoms with Gasteiger partial charge in [0, 0.05) is 24.6 Å². The Morgan fingerprint density at radius 3 is 2.69 bits per heavy atom. The molecule has 0 spiro atoms. The molecule has 2 amide bonds. The van der Waals surface area contributed by atoms with Crippen molar-refractivity contribution in [1.82, 2.24) is 14.7 Å². The Morgan fingerprint density at radius 2 is 1.96 bits per heavy atom. The van der Waals surface area contributed by atoms with Crippen molar-refractivity contribution in [2.45, 2.75) is 13.8 Å². The zero-order valence-electron chi connectivity index (χ0n) is 14.7. The topological polar surface area (TPSA) is 84.7 Å². The van der Waals surface area contributed by atoms with E-state index in [1.807, 2.05) is 32.2 Å². The highest BCUT2D eigenvalue weighted by Gasteiger charge is 2.11. The number of ether oxygens (including phenoxy) is 1. The van der Waals surface area contributed by atoms with E-state index in [2.05, 4.69) is 15.6 Å². The lowest BCUT2D eigenvalue weighted by molar-refractivity contribution is -0.122. The molecule has 2 N–H and O–H groups in total. The number of carbonyl (C=O) groups is 2. The van der Waals surface area contributed by atoms with Crippen molar-refractivity contribution in [2.75, 3.05) is 18.5 Å². The summed E-state index contributed by atoms with van der Waals surface area (Å²) in [6, 6.07) is 10.7. The second-order valence-corrected chi connectivity index (χ2v) is 5.82. The van der Waals surface area contributed by atoms with Crippen LogP contribution in [-0.2, 0) is 4.79 Å². The average Bonchev–Trinajstić information content (AvgIpc) is 3.04. The summed E-state index contributed by atoms with van der Waals surface area (Å²) in [5, 5.41) is 5.45. The summed E-state index contributed by atoms with van der Waals surface area (Å²) >= 11 is 0. The largest absolute Gasteiger partial charge is 0.484 e. The minimum absolute atomic E-state index is 0.0415. The number of amides is 2. The number of nitrogens with zero attached hydrogens (tertiary/aromatic N) is 2. The molecule has 2 aromatic heterocycles. The van der Waals surface area contributed by atoms with Crippen molar-refractivity contribution >= 4 is 23.1 Å². The molecule has 2 heterocycles. The molecule has 7 heteroatoms. The van der Waals surface area contributed by atoms with E-state index in [4.69, 9.17) is 4.74 Å². The Hall–Kier alpha value is -3.35. The summed E-state index contributed by atoms with van der Waals surface area (Å²) in [6.07, 6.45) is 3.56. The molecule has 0 aliphatic carbocycles. The van der Waals surface area contributed by atoms with Crippen LogP contribution in [0.1, 0.15) is 23.0 Å². The van der Waals surface area contributed by atoms with Gasteiger partial charge in [0.15, 0.2) is 6.61 Å². The van der Waals surface area contributed by atoms with Crippen LogP contribution in [0.2, 0.25) is 0 Å². The number of rotatable bonds is 6. The molecule has 0 radical (unpaired) electrons. The molecule has 0 aliphatic rings. The summed E-state index contributed by atoms with van der Waals surface area (Å²) in [4.78, 5) is 28.1. The number of hydrogen-bond acceptors (Lipinski definition) is 4. The molecule has 0 aliphatic heterocycles. The van der Waals surface area contributed by atoms with E-state index in [-0.39, 0.29) is 18.4 Å². The SMILES string of the molecule is CCNC(=O)COc1ccc(NC(=O)c2cn3ccc(C)cc3n2)cc1. The lowest BCUT2D eigenvalue weighted by Crippen LogP contribution is -2.28. The van der Waals surface area contributed by atoms with Crippen LogP contribution in [-0.4, -0.2) is 34.4 Å². The smallest absolute Gasteiger partial charge is 0.275 e. The lowest BCUT2D eigenvalue weighted by atomic mass is 10.3. The van der Waals surface area contributed by atoms with Crippen LogP contribution >= 0.6 is 0 Å². The summed E-state index contributed by atoms with van der Waals surface area (Å²) in [7, 11) is 0. The molecule has 3 rings (SSSR count). The van der Waals surface area contributed by atoms with Crippen molar-refractivity contribution in [2.24, 2.45) is 0 Å². The van der Waals surface area contributed by atoms with E-state index in [1.165, 1.54) is 0 Å². The van der Waals surface area contributed by atoms with Crippen molar-refractivity contribution in [1.29, 1.82) is 0 Å². The fourth-order valence-corrected chi connectivity index (χ4v) is 2.42. The predicted molar refractivity (Wildman–Crippen MR) is 98.5 cm³/mol. The second kappa shape index (κ2) is 7.69. The zero-order valence-corrected chi connectivity index (χ0v) is 14.7. The van der Waals surface area contributed by atoms with Gasteiger partial charge in [-0.3, -0.25) is 9.59 Å². The van der Waals surface area contributed by atoms with Gasteiger partial charge in [-0.2, -0.15) is 0 Å². The van der Waals surface area contributed by atoms with Gasteiger partial charge in [0.05, 0.1) is 0 Å². The summed E-state index contributed by atoms with van der Waals surface area (Å²) in [6.45, 7) is 4.35. The molecular formula is C19H20N4O3. The van der Waals surface area contributed by atoms with Crippen LogP contribution in [0.25, 0.3) is 5.65 Å². The quantitative estimate of drug-likeness (QED) is 0.713. The van der Waals surface area contributed by atoms with E-state index >= 15 is 0 Å². The highest BCUT2D eigenvalue weighted by Crippen LogP contribution is 2.17. The number of nitrogens with one attached hydrogen (secondary N) is 2. The minimum atomic E-state index is -0.289. The lowest BCUT2D eigenvalue weighted by Gasteiger charge is -2.07. The van der Waals surface area contributed by atoms with E-state index in [0.29, 0.717) is 23.7 Å². The Kier molecular flexibility index (Phi) is 5.17. The monoisotopic (exact) mass is 352 g/mol. The fraction of sp³-hybridized carbons (Fsp3) is 0.211. The maximum Gasteiger partial charge on any atom is 0.275 e. The Labute approximate surface area is 151 Å². The molecular weight excluding hydrogens is 332 g/mol. The van der Waals surface area contributed by atoms with Crippen molar-refractivity contribution in [3.05, 3.63) is 60.0 Å². The van der Waals surface area contributed by atoms with E-state index in [9.17, 15) is 9.59 Å². The molecule has 7 nitrogen and oxygen atoms in total. The number of fused-ring (bicyclic) bond motifs is 1. The van der Waals surface area contributed by atoms with Gasteiger partial charge in [-0.25, -0.2) is 4.98 Å². The summed E-state index contributed by atoms with van der Waals surface area (Å²) < 4.78 is 7.18. The number of aromatic nitrogens is 2. The number of imidazole rings is 1. The molecule has 0 saturated carbocycles. The van der Waals surface area contributed by atoms with Crippen LogP contribution in [0, 0.1) is 6.92 Å². The van der Waals surface area contributed by atoms with Gasteiger partial charge in [0.25, 0.3) is 11.8 Å². The van der Waals surface area contributed by atoms with Gasteiger partial charge >= 0.3 is 0 Å². The second-order valence-electron chi connectivity index (χ2n) is 5.82. The Balaban J connectivity index is 1.62. The molecule has 26 heavy (non-hydrogen) atoms. The normalized spacial score (nSPS) is 10.5. The van der Waals surface area contributed by atoms with E-state index in [0.717, 1.165) is 11.2 Å². The highest BCUT2D eigenvalue weighted by atomic mass is 16.5. The first-order valence-electron chi connectivity index (χ1n) is 8.31. The van der Waals surface area contributed by atoms with Crippen LogP contribution in [0.15, 0.2) is 48.8 Å². The number of anilines is 1. The van der Waals surface area contributed by atoms with Crippen molar-refractivity contribution in [3.8, 4) is 5.75 Å². The number of likely N-dealkylation sites (N-methyl/N-ethyl adjacent to an activating group) is 1. The molecule has 1 aromatic carbocycles. The van der Waals surface area contributed by atoms with Crippen LogP contribution in [0.4, 0.5) is 5.69 Å². The molecule has 3 aromatic rings. The number of carbonyl (C=O) groups excluding carboxylic acids is 2. The Bertz CT molecular complexity index is 932. The van der Waals surface area contributed by atoms with E-state index < -0.39 is 0 Å². The molecule has 0 unspecified atom stereocenters. The first-order chi connectivity index (χ1) is 12.5. The van der Waals surface area contributed by atoms with Crippen LogP contribution in [0.3, 0.4) is 0 Å². The molecule has 0 saturated heterocycles. The van der Waals surface area contributed by atoms with Gasteiger partial charge in [0.1, 0.15) is 17.1 Å². The average molecular weight is 352 g/mol. The van der Waals surface area contributed by atoms with Crippen molar-refractivity contribution in [3.63, 3.8) is 0 Å². The molecule has 0 bridgehead atoms. The van der Waals surface area contributed by atoms with Gasteiger partial charge in [-0.15, -0.1) is 0 Å². The van der Waals surface area contributed by atoms with Crippen LogP contribution < -0.4 is 15.4 Å². The van der Waals surface area contributed by atoms with Crippen molar-refractivity contribution < 1.29 is 14.3 Å². The number of benzene rings is 1. The van der Waals surface area contributed by atoms with Gasteiger partial charge < -0.3 is 19.8 Å². The third-order valence-corrected chi connectivity index (χ3v) is 3.70. The third-order valence-electron chi connectivity index (χ3n) is 3.70. The summed E-state index contributed by atoms with van der Waals surface area (Å²) in [5.74, 6) is 0.0896. The highest BCUT2D eigenvalue weighted by molar-refractivity contribution is 6.03. The van der Waals surface area contributed by atoms with Crippen LogP contribution in [0.5, 0.6) is 5.75 Å². The number of hydrogen-bond donors (Lipinski definition) is 2. The van der Waals surface area contributed by atoms with Gasteiger partial charge in [-0.1, -0.05) is 0 Å². The van der Waals surface area contributed by atoms with E-state index in [1.54, 1.807) is 34.9 Å². The standard InChI is InChI=1S/C19H20N4O3/c1-3-20-18(24)12-26-15-6-4-14(5-7-15)21-19(25)16-11-23-9-8-13(2)10-17(23)22-16/h4-11H,3,12H2,1-2H3,(H,20,24)(H,21,25). The molecule has 134 valence electrons. The van der Waals surface area contributed by atoms with Gasteiger partial charge in [-0.05, 0) is 55.8 Å².